The molecular weight excluding hydrogens is 329 g/mol. The molecule has 0 atom stereocenters. The van der Waals surface area contributed by atoms with Crippen LogP contribution in [0.25, 0.3) is 0 Å². The summed E-state index contributed by atoms with van der Waals surface area (Å²) in [5, 5.41) is 0.492. The normalized spacial score (nSPS) is 11.6. The zero-order valence-corrected chi connectivity index (χ0v) is 13.2. The first kappa shape index (κ1) is 17.3. The maximum Gasteiger partial charge on any atom is 0.417 e. The number of ketones is 1. The minimum atomic E-state index is -4.64. The Kier molecular flexibility index (Phi) is 5.00. The number of hydrogen-bond acceptors (Lipinski definition) is 2. The zero-order chi connectivity index (χ0) is 17.2. The molecule has 0 spiro atoms. The van der Waals surface area contributed by atoms with Crippen molar-refractivity contribution in [1.29, 1.82) is 0 Å². The maximum atomic E-state index is 13.2. The van der Waals surface area contributed by atoms with Gasteiger partial charge in [0.25, 0.3) is 0 Å². The van der Waals surface area contributed by atoms with Crippen LogP contribution < -0.4 is 4.74 Å². The van der Waals surface area contributed by atoms with Gasteiger partial charge in [0.1, 0.15) is 11.5 Å². The molecule has 122 valence electrons. The molecular formula is C17H14ClF3O2. The molecule has 0 saturated carbocycles. The molecule has 0 bridgehead atoms. The van der Waals surface area contributed by atoms with Crippen molar-refractivity contribution < 1.29 is 22.7 Å². The van der Waals surface area contributed by atoms with Crippen molar-refractivity contribution in [2.45, 2.75) is 20.0 Å². The summed E-state index contributed by atoms with van der Waals surface area (Å²) >= 11 is 5.74. The highest BCUT2D eigenvalue weighted by Crippen LogP contribution is 2.36. The highest BCUT2D eigenvalue weighted by molar-refractivity contribution is 6.30. The molecule has 6 heteroatoms. The van der Waals surface area contributed by atoms with Crippen molar-refractivity contribution in [1.82, 2.24) is 0 Å². The minimum absolute atomic E-state index is 0.0000430. The van der Waals surface area contributed by atoms with Crippen LogP contribution in [0.3, 0.4) is 0 Å². The summed E-state index contributed by atoms with van der Waals surface area (Å²) in [7, 11) is 0. The predicted octanol–water partition coefficient (Wildman–Crippen LogP) is 5.99. The summed E-state index contributed by atoms with van der Waals surface area (Å²) in [6, 6.07) is 9.56. The Bertz CT molecular complexity index is 707. The van der Waals surface area contributed by atoms with Crippen LogP contribution in [0.2, 0.25) is 5.02 Å². The Hall–Kier alpha value is -2.01. The fourth-order valence-electron chi connectivity index (χ4n) is 1.99. The molecule has 2 rings (SSSR count). The van der Waals surface area contributed by atoms with Crippen molar-refractivity contribution >= 4 is 17.4 Å². The third-order valence-corrected chi connectivity index (χ3v) is 3.39. The summed E-state index contributed by atoms with van der Waals surface area (Å²) < 4.78 is 45.1. The van der Waals surface area contributed by atoms with Gasteiger partial charge in [-0.1, -0.05) is 25.4 Å². The van der Waals surface area contributed by atoms with E-state index in [2.05, 4.69) is 0 Å². The lowest BCUT2D eigenvalue weighted by Gasteiger charge is -2.15. The third-order valence-electron chi connectivity index (χ3n) is 3.14. The smallest absolute Gasteiger partial charge is 0.417 e. The summed E-state index contributed by atoms with van der Waals surface area (Å²) in [6.07, 6.45) is -4.64. The monoisotopic (exact) mass is 342 g/mol. The third kappa shape index (κ3) is 4.26. The molecule has 0 heterocycles. The van der Waals surface area contributed by atoms with Gasteiger partial charge in [0.2, 0.25) is 0 Å². The summed E-state index contributed by atoms with van der Waals surface area (Å²) in [6.45, 7) is 3.11. The van der Waals surface area contributed by atoms with Crippen LogP contribution in [0.5, 0.6) is 11.5 Å². The summed E-state index contributed by atoms with van der Waals surface area (Å²) in [5.41, 5.74) is -1.35. The van der Waals surface area contributed by atoms with E-state index in [-0.39, 0.29) is 11.3 Å². The van der Waals surface area contributed by atoms with Crippen LogP contribution in [0.4, 0.5) is 13.2 Å². The van der Waals surface area contributed by atoms with E-state index in [9.17, 15) is 18.0 Å². The van der Waals surface area contributed by atoms with Crippen LogP contribution in [-0.4, -0.2) is 5.78 Å². The number of rotatable bonds is 4. The lowest BCUT2D eigenvalue weighted by molar-refractivity contribution is -0.138. The average molecular weight is 343 g/mol. The van der Waals surface area contributed by atoms with E-state index in [1.54, 1.807) is 38.1 Å². The molecule has 2 aromatic rings. The lowest BCUT2D eigenvalue weighted by Crippen LogP contribution is -2.16. The van der Waals surface area contributed by atoms with Gasteiger partial charge < -0.3 is 4.74 Å². The predicted molar refractivity (Wildman–Crippen MR) is 82.1 cm³/mol. The minimum Gasteiger partial charge on any atom is -0.457 e. The lowest BCUT2D eigenvalue weighted by atomic mass is 9.96. The highest BCUT2D eigenvalue weighted by atomic mass is 35.5. The first-order valence-corrected chi connectivity index (χ1v) is 7.25. The second kappa shape index (κ2) is 6.62. The van der Waals surface area contributed by atoms with Crippen molar-refractivity contribution in [3.8, 4) is 11.5 Å². The second-order valence-electron chi connectivity index (χ2n) is 5.28. The highest BCUT2D eigenvalue weighted by Gasteiger charge is 2.36. The quantitative estimate of drug-likeness (QED) is 0.638. The molecule has 0 saturated heterocycles. The molecule has 2 nitrogen and oxygen atoms in total. The molecule has 0 radical (unpaired) electrons. The molecule has 2 aromatic carbocycles. The van der Waals surface area contributed by atoms with Crippen LogP contribution >= 0.6 is 11.6 Å². The van der Waals surface area contributed by atoms with E-state index in [1.165, 1.54) is 6.07 Å². The van der Waals surface area contributed by atoms with E-state index >= 15 is 0 Å². The van der Waals surface area contributed by atoms with Crippen LogP contribution in [0.15, 0.2) is 42.5 Å². The van der Waals surface area contributed by atoms with Gasteiger partial charge in [-0.3, -0.25) is 4.79 Å². The number of hydrogen-bond donors (Lipinski definition) is 0. The Morgan fingerprint density at radius 3 is 2.13 bits per heavy atom. The van der Waals surface area contributed by atoms with Crippen LogP contribution in [-0.2, 0) is 6.18 Å². The zero-order valence-electron chi connectivity index (χ0n) is 12.4. The topological polar surface area (TPSA) is 26.3 Å². The number of ether oxygens (including phenoxy) is 1. The number of carbonyl (C=O) groups is 1. The maximum absolute atomic E-state index is 13.2. The van der Waals surface area contributed by atoms with Crippen molar-refractivity contribution in [3.63, 3.8) is 0 Å². The largest absolute Gasteiger partial charge is 0.457 e. The van der Waals surface area contributed by atoms with Crippen molar-refractivity contribution in [2.75, 3.05) is 0 Å². The number of Topliss-reactive ketones (excluding diaryl/α,β-unsaturated/α-hetero) is 1. The Labute approximate surface area is 136 Å². The molecule has 0 aliphatic heterocycles. The van der Waals surface area contributed by atoms with Gasteiger partial charge in [-0.25, -0.2) is 0 Å². The standard InChI is InChI=1S/C17H14ClF3O2/c1-10(2)16(22)14-8-7-13(9-15(14)17(19,20)21)23-12-5-3-11(18)4-6-12/h3-10H,1-2H3. The molecule has 0 N–H and O–H groups in total. The van der Waals surface area contributed by atoms with Crippen LogP contribution in [0, 0.1) is 5.92 Å². The number of benzene rings is 2. The molecule has 0 unspecified atom stereocenters. The first-order valence-electron chi connectivity index (χ1n) is 6.87. The van der Waals surface area contributed by atoms with E-state index in [0.29, 0.717) is 10.8 Å². The SMILES string of the molecule is CC(C)C(=O)c1ccc(Oc2ccc(Cl)cc2)cc1C(F)(F)F. The Morgan fingerprint density at radius 1 is 1.04 bits per heavy atom. The summed E-state index contributed by atoms with van der Waals surface area (Å²) in [5.74, 6) is -0.736. The first-order chi connectivity index (χ1) is 10.7. The molecule has 0 aliphatic carbocycles. The van der Waals surface area contributed by atoms with Gasteiger partial charge in [-0.2, -0.15) is 13.2 Å². The molecule has 0 amide bonds. The van der Waals surface area contributed by atoms with Gasteiger partial charge in [0, 0.05) is 16.5 Å². The molecule has 0 fully saturated rings. The van der Waals surface area contributed by atoms with E-state index in [1.807, 2.05) is 0 Å². The van der Waals surface area contributed by atoms with Gasteiger partial charge in [0.15, 0.2) is 5.78 Å². The van der Waals surface area contributed by atoms with Gasteiger partial charge in [-0.05, 0) is 42.5 Å². The number of alkyl halides is 3. The Morgan fingerprint density at radius 2 is 1.61 bits per heavy atom. The van der Waals surface area contributed by atoms with Gasteiger partial charge in [0.05, 0.1) is 5.56 Å². The molecule has 23 heavy (non-hydrogen) atoms. The fourth-order valence-corrected chi connectivity index (χ4v) is 2.11. The van der Waals surface area contributed by atoms with E-state index in [0.717, 1.165) is 12.1 Å². The Balaban J connectivity index is 2.40. The van der Waals surface area contributed by atoms with Crippen LogP contribution in [0.1, 0.15) is 29.8 Å². The second-order valence-corrected chi connectivity index (χ2v) is 5.72. The van der Waals surface area contributed by atoms with Gasteiger partial charge >= 0.3 is 6.18 Å². The number of halogens is 4. The fraction of sp³-hybridized carbons (Fsp3) is 0.235. The molecule has 0 aliphatic rings. The summed E-state index contributed by atoms with van der Waals surface area (Å²) in [4.78, 5) is 12.0. The van der Waals surface area contributed by atoms with Gasteiger partial charge in [-0.15, -0.1) is 0 Å². The van der Waals surface area contributed by atoms with Crippen molar-refractivity contribution in [3.05, 3.63) is 58.6 Å². The average Bonchev–Trinajstić information content (AvgIpc) is 2.48. The molecule has 0 aromatic heterocycles. The van der Waals surface area contributed by atoms with E-state index in [4.69, 9.17) is 16.3 Å². The van der Waals surface area contributed by atoms with E-state index < -0.39 is 23.4 Å². The van der Waals surface area contributed by atoms with Crippen molar-refractivity contribution in [2.24, 2.45) is 5.92 Å². The number of carbonyl (C=O) groups excluding carboxylic acids is 1.